The number of fused-ring (bicyclic) bond motifs is 1. The van der Waals surface area contributed by atoms with Crippen molar-refractivity contribution in [3.8, 4) is 0 Å². The van der Waals surface area contributed by atoms with Gasteiger partial charge in [0.15, 0.2) is 0 Å². The van der Waals surface area contributed by atoms with Gasteiger partial charge in [-0.2, -0.15) is 0 Å². The summed E-state index contributed by atoms with van der Waals surface area (Å²) in [4.78, 5) is 56.4. The standard InChI is InChI=1S/C46H49IN2O9/c1-45(2,3)57-40(51)24-23-36(29-50)48-42(52)37(25-30-15-8-5-9-16-30)49(4)43(53)32-27-38(55-44(54)31-17-14-22-35(47)26-31)41-39(28-32)56-46(58-41,33-18-10-6-11-19-33)34-20-12-7-13-21-34/h5-22,26,28,36-39,41,50H,23-25,27,29H2,1-4H3,(H,48,52)/t36-,37+,38+,39+,41-/m0/s1. The quantitative estimate of drug-likeness (QED) is 0.107. The van der Waals surface area contributed by atoms with Crippen molar-refractivity contribution in [2.75, 3.05) is 13.7 Å². The molecule has 0 aromatic heterocycles. The SMILES string of the molecule is CN(C(=O)C1=C[C@H]2OC(c3ccccc3)(c3ccccc3)O[C@H]2[C@H](OC(=O)c2cccc(I)c2)C1)[C@H](Cc1ccccc1)C(=O)N[C@H](CO)CCC(=O)OC(C)(C)C. The first-order valence-electron chi connectivity index (χ1n) is 19.3. The van der Waals surface area contributed by atoms with Gasteiger partial charge in [0.1, 0.15) is 30.0 Å². The van der Waals surface area contributed by atoms with E-state index in [0.29, 0.717) is 5.56 Å². The highest BCUT2D eigenvalue weighted by Crippen LogP contribution is 2.47. The van der Waals surface area contributed by atoms with E-state index in [1.165, 1.54) is 4.90 Å². The van der Waals surface area contributed by atoms with Crippen molar-refractivity contribution >= 4 is 46.3 Å². The summed E-state index contributed by atoms with van der Waals surface area (Å²) < 4.78 is 26.2. The molecule has 2 amide bonds. The highest BCUT2D eigenvalue weighted by Gasteiger charge is 2.55. The summed E-state index contributed by atoms with van der Waals surface area (Å²) in [5.74, 6) is -3.39. The molecule has 12 heteroatoms. The van der Waals surface area contributed by atoms with Crippen molar-refractivity contribution < 1.29 is 43.2 Å². The molecule has 1 fully saturated rings. The Balaban J connectivity index is 1.31. The summed E-state index contributed by atoms with van der Waals surface area (Å²) >= 11 is 2.13. The van der Waals surface area contributed by atoms with E-state index in [0.717, 1.165) is 20.3 Å². The Bertz CT molecular complexity index is 2050. The molecule has 1 saturated heterocycles. The van der Waals surface area contributed by atoms with Crippen LogP contribution in [0.4, 0.5) is 0 Å². The number of rotatable bonds is 14. The first-order chi connectivity index (χ1) is 27.8. The molecule has 1 heterocycles. The van der Waals surface area contributed by atoms with Crippen LogP contribution in [0.25, 0.3) is 0 Å². The van der Waals surface area contributed by atoms with Gasteiger partial charge in [0.25, 0.3) is 0 Å². The fourth-order valence-corrected chi connectivity index (χ4v) is 7.75. The second kappa shape index (κ2) is 18.8. The number of hydrogen-bond acceptors (Lipinski definition) is 9. The maximum Gasteiger partial charge on any atom is 0.338 e. The fourth-order valence-electron chi connectivity index (χ4n) is 7.21. The van der Waals surface area contributed by atoms with Crippen molar-refractivity contribution in [2.24, 2.45) is 0 Å². The van der Waals surface area contributed by atoms with Crippen LogP contribution in [0.5, 0.6) is 0 Å². The molecule has 2 aliphatic rings. The number of aliphatic hydroxyl groups excluding tert-OH is 1. The van der Waals surface area contributed by atoms with Crippen molar-refractivity contribution in [1.29, 1.82) is 0 Å². The van der Waals surface area contributed by atoms with Crippen molar-refractivity contribution in [2.45, 2.75) is 88.2 Å². The van der Waals surface area contributed by atoms with Gasteiger partial charge in [0, 0.05) is 46.6 Å². The lowest BCUT2D eigenvalue weighted by Crippen LogP contribution is -2.53. The fraction of sp³-hybridized carbons (Fsp3) is 0.348. The largest absolute Gasteiger partial charge is 0.460 e. The molecule has 1 aliphatic heterocycles. The van der Waals surface area contributed by atoms with Gasteiger partial charge in [0.2, 0.25) is 17.6 Å². The van der Waals surface area contributed by atoms with Gasteiger partial charge >= 0.3 is 11.9 Å². The molecule has 2 N–H and O–H groups in total. The van der Waals surface area contributed by atoms with E-state index in [9.17, 15) is 24.3 Å². The number of likely N-dealkylation sites (N-methyl/N-ethyl adjacent to an activating group) is 1. The average molecular weight is 901 g/mol. The second-order valence-corrected chi connectivity index (χ2v) is 16.7. The number of esters is 2. The smallest absolute Gasteiger partial charge is 0.338 e. The molecule has 4 aromatic carbocycles. The lowest BCUT2D eigenvalue weighted by atomic mass is 9.90. The number of nitrogens with one attached hydrogen (secondary N) is 1. The molecule has 58 heavy (non-hydrogen) atoms. The molecular formula is C46H49IN2O9. The summed E-state index contributed by atoms with van der Waals surface area (Å²) in [6.07, 6.45) is -0.607. The van der Waals surface area contributed by atoms with Crippen LogP contribution in [0.1, 0.15) is 67.1 Å². The Labute approximate surface area is 352 Å². The maximum absolute atomic E-state index is 14.7. The number of nitrogens with zero attached hydrogens (tertiary/aromatic N) is 1. The average Bonchev–Trinajstić information content (AvgIpc) is 3.62. The van der Waals surface area contributed by atoms with Gasteiger partial charge in [0.05, 0.1) is 18.2 Å². The van der Waals surface area contributed by atoms with E-state index in [-0.39, 0.29) is 31.3 Å². The van der Waals surface area contributed by atoms with Gasteiger partial charge in [-0.3, -0.25) is 14.4 Å². The summed E-state index contributed by atoms with van der Waals surface area (Å²) in [7, 11) is 1.55. The molecule has 5 atom stereocenters. The number of hydrogen-bond donors (Lipinski definition) is 2. The predicted molar refractivity (Wildman–Crippen MR) is 225 cm³/mol. The highest BCUT2D eigenvalue weighted by molar-refractivity contribution is 14.1. The van der Waals surface area contributed by atoms with Crippen molar-refractivity contribution in [3.63, 3.8) is 0 Å². The minimum absolute atomic E-state index is 0.0160. The van der Waals surface area contributed by atoms with Crippen LogP contribution in [-0.2, 0) is 45.5 Å². The lowest BCUT2D eigenvalue weighted by molar-refractivity contribution is -0.157. The van der Waals surface area contributed by atoms with Gasteiger partial charge in [-0.1, -0.05) is 97.1 Å². The number of carbonyl (C=O) groups excluding carboxylic acids is 4. The summed E-state index contributed by atoms with van der Waals surface area (Å²) in [5, 5.41) is 13.1. The molecule has 11 nitrogen and oxygen atoms in total. The van der Waals surface area contributed by atoms with Gasteiger partial charge in [-0.15, -0.1) is 0 Å². The predicted octanol–water partition coefficient (Wildman–Crippen LogP) is 6.50. The van der Waals surface area contributed by atoms with E-state index in [1.807, 2.05) is 97.1 Å². The number of amides is 2. The molecular weight excluding hydrogens is 851 g/mol. The number of ether oxygens (including phenoxy) is 4. The van der Waals surface area contributed by atoms with Crippen LogP contribution in [0.2, 0.25) is 0 Å². The molecule has 6 rings (SSSR count). The topological polar surface area (TPSA) is 141 Å². The zero-order valence-electron chi connectivity index (χ0n) is 33.0. The Morgan fingerprint density at radius 3 is 2.10 bits per heavy atom. The molecule has 0 spiro atoms. The lowest BCUT2D eigenvalue weighted by Gasteiger charge is -2.34. The third-order valence-electron chi connectivity index (χ3n) is 10.0. The zero-order chi connectivity index (χ0) is 41.5. The third kappa shape index (κ3) is 10.4. The monoisotopic (exact) mass is 900 g/mol. The zero-order valence-corrected chi connectivity index (χ0v) is 35.2. The van der Waals surface area contributed by atoms with E-state index in [1.54, 1.807) is 52.1 Å². The van der Waals surface area contributed by atoms with Crippen LogP contribution in [0.3, 0.4) is 0 Å². The number of carbonyl (C=O) groups is 4. The number of halogens is 1. The summed E-state index contributed by atoms with van der Waals surface area (Å²) in [6.45, 7) is 4.88. The van der Waals surface area contributed by atoms with Crippen LogP contribution in [0.15, 0.2) is 127 Å². The molecule has 4 aromatic rings. The normalized spacial score (nSPS) is 19.5. The Kier molecular flexibility index (Phi) is 13.8. The first kappa shape index (κ1) is 42.7. The van der Waals surface area contributed by atoms with E-state index in [2.05, 4.69) is 27.9 Å². The Hall–Kier alpha value is -4.89. The molecule has 0 saturated carbocycles. The highest BCUT2D eigenvalue weighted by atomic mass is 127. The van der Waals surface area contributed by atoms with E-state index >= 15 is 0 Å². The molecule has 0 bridgehead atoms. The number of benzene rings is 4. The van der Waals surface area contributed by atoms with Crippen molar-refractivity contribution in [1.82, 2.24) is 10.2 Å². The third-order valence-corrected chi connectivity index (χ3v) is 10.7. The van der Waals surface area contributed by atoms with Crippen molar-refractivity contribution in [3.05, 3.63) is 153 Å². The van der Waals surface area contributed by atoms with Crippen LogP contribution in [0, 0.1) is 3.57 Å². The van der Waals surface area contributed by atoms with Crippen LogP contribution < -0.4 is 5.32 Å². The minimum Gasteiger partial charge on any atom is -0.460 e. The second-order valence-electron chi connectivity index (χ2n) is 15.5. The molecule has 1 aliphatic carbocycles. The maximum atomic E-state index is 14.7. The van der Waals surface area contributed by atoms with E-state index < -0.39 is 72.1 Å². The molecule has 0 unspecified atom stereocenters. The van der Waals surface area contributed by atoms with Gasteiger partial charge < -0.3 is 34.3 Å². The Morgan fingerprint density at radius 2 is 1.52 bits per heavy atom. The minimum atomic E-state index is -1.39. The van der Waals surface area contributed by atoms with Gasteiger partial charge in [-0.25, -0.2) is 4.79 Å². The summed E-state index contributed by atoms with van der Waals surface area (Å²) in [5.41, 5.74) is 2.21. The van der Waals surface area contributed by atoms with Crippen LogP contribution in [-0.4, -0.2) is 83.4 Å². The number of aliphatic hydroxyl groups is 1. The van der Waals surface area contributed by atoms with Gasteiger partial charge in [-0.05, 0) is 79.6 Å². The molecule has 0 radical (unpaired) electrons. The summed E-state index contributed by atoms with van der Waals surface area (Å²) in [6, 6.07) is 33.5. The Morgan fingerprint density at radius 1 is 0.897 bits per heavy atom. The van der Waals surface area contributed by atoms with E-state index in [4.69, 9.17) is 18.9 Å². The first-order valence-corrected chi connectivity index (χ1v) is 20.4. The molecule has 304 valence electrons. The van der Waals surface area contributed by atoms with Crippen LogP contribution >= 0.6 is 22.6 Å².